The van der Waals surface area contributed by atoms with Crippen molar-refractivity contribution in [1.82, 2.24) is 0 Å². The number of ether oxygens (including phenoxy) is 4. The third-order valence-corrected chi connectivity index (χ3v) is 7.92. The van der Waals surface area contributed by atoms with Crippen LogP contribution in [0.2, 0.25) is 0 Å². The summed E-state index contributed by atoms with van der Waals surface area (Å²) < 4.78 is 23.6. The van der Waals surface area contributed by atoms with Crippen LogP contribution in [0.5, 0.6) is 0 Å². The molecule has 2 bridgehead atoms. The van der Waals surface area contributed by atoms with E-state index in [0.29, 0.717) is 50.7 Å². The molecule has 0 radical (unpaired) electrons. The van der Waals surface area contributed by atoms with E-state index in [2.05, 4.69) is 13.5 Å². The van der Waals surface area contributed by atoms with Gasteiger partial charge in [-0.2, -0.15) is 0 Å². The molecule has 188 valence electrons. The van der Waals surface area contributed by atoms with Crippen molar-refractivity contribution in [3.05, 3.63) is 12.2 Å². The molecule has 0 amide bonds. The fourth-order valence-electron chi connectivity index (χ4n) is 5.34. The predicted octanol–water partition coefficient (Wildman–Crippen LogP) is 4.24. The Hall–Kier alpha value is -1.44. The number of fused-ring (bicyclic) bond motifs is 3. The Bertz CT molecular complexity index is 747. The summed E-state index contributed by atoms with van der Waals surface area (Å²) >= 11 is 0. The van der Waals surface area contributed by atoms with Gasteiger partial charge in [-0.25, -0.2) is 4.79 Å². The van der Waals surface area contributed by atoms with Crippen LogP contribution in [0.4, 0.5) is 0 Å². The van der Waals surface area contributed by atoms with E-state index in [0.717, 1.165) is 19.3 Å². The van der Waals surface area contributed by atoms with Gasteiger partial charge in [-0.3, -0.25) is 4.79 Å². The first kappa shape index (κ1) is 26.2. The van der Waals surface area contributed by atoms with Crippen LogP contribution >= 0.6 is 0 Å². The number of unbranched alkanes of at least 4 members (excludes halogenated alkanes) is 1. The molecule has 7 atom stereocenters. The first-order valence-corrected chi connectivity index (χ1v) is 12.5. The lowest BCUT2D eigenvalue weighted by Gasteiger charge is -2.37. The molecule has 7 nitrogen and oxygen atoms in total. The highest BCUT2D eigenvalue weighted by molar-refractivity contribution is 5.88. The number of carbonyl (C=O) groups excluding carboxylic acids is 2. The Morgan fingerprint density at radius 3 is 2.36 bits per heavy atom. The van der Waals surface area contributed by atoms with Gasteiger partial charge in [0.2, 0.25) is 0 Å². The molecule has 0 aromatic carbocycles. The molecule has 3 aliphatic heterocycles. The van der Waals surface area contributed by atoms with Crippen LogP contribution in [0.15, 0.2) is 12.2 Å². The Balaban J connectivity index is 1.80. The van der Waals surface area contributed by atoms with Gasteiger partial charge >= 0.3 is 11.9 Å². The van der Waals surface area contributed by atoms with E-state index in [-0.39, 0.29) is 35.7 Å². The van der Waals surface area contributed by atoms with Crippen molar-refractivity contribution in [2.24, 2.45) is 5.92 Å². The maximum absolute atomic E-state index is 12.6. The van der Waals surface area contributed by atoms with Crippen molar-refractivity contribution in [2.75, 3.05) is 6.61 Å². The monoisotopic (exact) mass is 466 g/mol. The Morgan fingerprint density at radius 2 is 1.70 bits per heavy atom. The zero-order valence-corrected chi connectivity index (χ0v) is 21.0. The maximum Gasteiger partial charge on any atom is 0.333 e. The molecule has 0 aromatic heterocycles. The fraction of sp³-hybridized carbons (Fsp3) is 0.846. The van der Waals surface area contributed by atoms with Gasteiger partial charge in [-0.1, -0.05) is 19.9 Å². The molecule has 1 N–H and O–H groups in total. The molecule has 0 aliphatic carbocycles. The van der Waals surface area contributed by atoms with Crippen LogP contribution < -0.4 is 0 Å². The number of rotatable bonds is 6. The van der Waals surface area contributed by atoms with Gasteiger partial charge in [0.1, 0.15) is 11.7 Å². The normalized spacial score (nSPS) is 41.0. The summed E-state index contributed by atoms with van der Waals surface area (Å²) in [5.74, 6) is -0.838. The van der Waals surface area contributed by atoms with E-state index in [1.807, 2.05) is 13.8 Å². The second kappa shape index (κ2) is 10.0. The van der Waals surface area contributed by atoms with E-state index < -0.39 is 17.3 Å². The number of hydrogen-bond donors (Lipinski definition) is 1. The number of carbonyl (C=O) groups is 2. The molecular weight excluding hydrogens is 424 g/mol. The predicted molar refractivity (Wildman–Crippen MR) is 124 cm³/mol. The topological polar surface area (TPSA) is 94.6 Å². The molecule has 3 fully saturated rings. The van der Waals surface area contributed by atoms with Crippen LogP contribution in [-0.4, -0.2) is 58.8 Å². The highest BCUT2D eigenvalue weighted by Crippen LogP contribution is 2.49. The zero-order chi connectivity index (χ0) is 24.4. The number of esters is 2. The summed E-state index contributed by atoms with van der Waals surface area (Å²) in [4.78, 5) is 24.4. The fourth-order valence-corrected chi connectivity index (χ4v) is 5.34. The quantitative estimate of drug-likeness (QED) is 0.271. The van der Waals surface area contributed by atoms with Gasteiger partial charge in [0.15, 0.2) is 0 Å². The van der Waals surface area contributed by atoms with Gasteiger partial charge in [0.25, 0.3) is 0 Å². The van der Waals surface area contributed by atoms with Gasteiger partial charge in [-0.05, 0) is 78.1 Å². The van der Waals surface area contributed by atoms with Crippen LogP contribution in [0.25, 0.3) is 0 Å². The minimum atomic E-state index is -1.08. The Kier molecular flexibility index (Phi) is 7.97. The summed E-state index contributed by atoms with van der Waals surface area (Å²) in [6, 6.07) is 0. The van der Waals surface area contributed by atoms with Crippen LogP contribution in [0.3, 0.4) is 0 Å². The van der Waals surface area contributed by atoms with Gasteiger partial charge in [0.05, 0.1) is 30.0 Å². The highest BCUT2D eigenvalue weighted by Gasteiger charge is 2.56. The largest absolute Gasteiger partial charge is 0.462 e. The second-order valence-electron chi connectivity index (χ2n) is 10.9. The van der Waals surface area contributed by atoms with Gasteiger partial charge in [0, 0.05) is 12.5 Å². The molecule has 0 saturated carbocycles. The molecule has 0 unspecified atom stereocenters. The minimum Gasteiger partial charge on any atom is -0.462 e. The standard InChI is InChI=1S/C26H42O7/c1-7-8-15-30-23(28)17(2)19-9-12-24(4,29)20-10-13-25(5,32-20)21(31-18(3)27)11-14-26(6)22(16-19)33-26/h19-22,29H,2,7-16H2,1,3-6H3/t19-,20+,21+,22+,24-,25+,26+/m1/s1. The third-order valence-electron chi connectivity index (χ3n) is 7.92. The van der Waals surface area contributed by atoms with E-state index in [9.17, 15) is 14.7 Å². The summed E-state index contributed by atoms with van der Waals surface area (Å²) in [5.41, 5.74) is -1.62. The van der Waals surface area contributed by atoms with Gasteiger partial charge in [-0.15, -0.1) is 0 Å². The van der Waals surface area contributed by atoms with E-state index in [4.69, 9.17) is 18.9 Å². The SMILES string of the molecule is C=C(C(=O)OCCCC)[C@@H]1CC[C@@](C)(O)[C@@H]2CC[C@](C)(O2)[C@@H](OC(C)=O)CC[C@]2(C)O[C@H]2C1. The Labute approximate surface area is 198 Å². The average Bonchev–Trinajstić information content (AvgIpc) is 3.18. The van der Waals surface area contributed by atoms with E-state index in [1.165, 1.54) is 6.92 Å². The van der Waals surface area contributed by atoms with Crippen LogP contribution in [0.1, 0.15) is 92.4 Å². The van der Waals surface area contributed by atoms with Crippen LogP contribution in [0, 0.1) is 5.92 Å². The molecule has 33 heavy (non-hydrogen) atoms. The van der Waals surface area contributed by atoms with Crippen molar-refractivity contribution < 1.29 is 33.6 Å². The molecule has 0 spiro atoms. The van der Waals surface area contributed by atoms with Crippen molar-refractivity contribution in [2.45, 2.75) is 128 Å². The lowest BCUT2D eigenvalue weighted by molar-refractivity contribution is -0.184. The van der Waals surface area contributed by atoms with Crippen molar-refractivity contribution in [1.29, 1.82) is 0 Å². The number of aliphatic hydroxyl groups is 1. The lowest BCUT2D eigenvalue weighted by Crippen LogP contribution is -2.46. The van der Waals surface area contributed by atoms with Crippen LogP contribution in [-0.2, 0) is 28.5 Å². The first-order valence-electron chi connectivity index (χ1n) is 12.5. The molecule has 7 heteroatoms. The molecule has 3 aliphatic rings. The maximum atomic E-state index is 12.6. The van der Waals surface area contributed by atoms with Crippen molar-refractivity contribution in [3.8, 4) is 0 Å². The smallest absolute Gasteiger partial charge is 0.333 e. The van der Waals surface area contributed by atoms with Crippen molar-refractivity contribution in [3.63, 3.8) is 0 Å². The third kappa shape index (κ3) is 6.17. The summed E-state index contributed by atoms with van der Waals surface area (Å²) in [6.07, 6.45) is 5.40. The molecular formula is C26H42O7. The van der Waals surface area contributed by atoms with E-state index in [1.54, 1.807) is 6.92 Å². The lowest BCUT2D eigenvalue weighted by atomic mass is 9.81. The number of epoxide rings is 1. The summed E-state index contributed by atoms with van der Waals surface area (Å²) in [7, 11) is 0. The zero-order valence-electron chi connectivity index (χ0n) is 21.0. The second-order valence-corrected chi connectivity index (χ2v) is 10.9. The Morgan fingerprint density at radius 1 is 1.03 bits per heavy atom. The highest BCUT2D eigenvalue weighted by atomic mass is 16.6. The average molecular weight is 467 g/mol. The van der Waals surface area contributed by atoms with Gasteiger partial charge < -0.3 is 24.1 Å². The minimum absolute atomic E-state index is 0.0164. The summed E-state index contributed by atoms with van der Waals surface area (Å²) in [5, 5.41) is 11.3. The molecule has 3 saturated heterocycles. The van der Waals surface area contributed by atoms with E-state index >= 15 is 0 Å². The first-order chi connectivity index (χ1) is 15.4. The molecule has 3 rings (SSSR count). The van der Waals surface area contributed by atoms with Crippen molar-refractivity contribution >= 4 is 11.9 Å². The summed E-state index contributed by atoms with van der Waals surface area (Å²) in [6.45, 7) is 13.8. The number of hydrogen-bond acceptors (Lipinski definition) is 7. The molecule has 3 heterocycles. The molecule has 0 aromatic rings.